The highest BCUT2D eigenvalue weighted by Crippen LogP contribution is 2.19. The van der Waals surface area contributed by atoms with Crippen LogP contribution in [0.25, 0.3) is 0 Å². The Kier molecular flexibility index (Phi) is 5.72. The molecule has 1 aromatic carbocycles. The van der Waals surface area contributed by atoms with E-state index in [4.69, 9.17) is 5.26 Å². The van der Waals surface area contributed by atoms with Gasteiger partial charge in [0.25, 0.3) is 0 Å². The van der Waals surface area contributed by atoms with Crippen LogP contribution in [0.4, 0.5) is 4.39 Å². The second kappa shape index (κ2) is 7.53. The molecule has 0 spiro atoms. The highest BCUT2D eigenvalue weighted by molar-refractivity contribution is 5.33. The molecule has 1 heterocycles. The topological polar surface area (TPSA) is 39.1 Å². The van der Waals surface area contributed by atoms with E-state index in [0.717, 1.165) is 31.7 Å². The number of hydrogen-bond acceptors (Lipinski definition) is 3. The molecule has 0 aliphatic carbocycles. The molecule has 1 fully saturated rings. The smallest absolute Gasteiger partial charge is 0.124 e. The van der Waals surface area contributed by atoms with Crippen molar-refractivity contribution in [2.75, 3.05) is 19.6 Å². The third-order valence-corrected chi connectivity index (χ3v) is 3.91. The van der Waals surface area contributed by atoms with E-state index in [9.17, 15) is 4.39 Å². The summed E-state index contributed by atoms with van der Waals surface area (Å²) in [7, 11) is 0. The second-order valence-corrected chi connectivity index (χ2v) is 6.27. The summed E-state index contributed by atoms with van der Waals surface area (Å²) in [6.45, 7) is 8.19. The summed E-state index contributed by atoms with van der Waals surface area (Å²) in [6.07, 6.45) is 2.44. The lowest BCUT2D eigenvalue weighted by Gasteiger charge is -2.33. The molecule has 1 N–H and O–H groups in total. The highest BCUT2D eigenvalue weighted by atomic mass is 19.1. The molecule has 1 saturated heterocycles. The zero-order valence-electron chi connectivity index (χ0n) is 12.9. The number of nitrogens with one attached hydrogen (secondary N) is 1. The molecule has 0 radical (unpaired) electrons. The van der Waals surface area contributed by atoms with E-state index in [1.165, 1.54) is 25.0 Å². The fraction of sp³-hybridized carbons (Fsp3) is 0.588. The normalized spacial score (nSPS) is 19.7. The Labute approximate surface area is 126 Å². The van der Waals surface area contributed by atoms with E-state index in [1.807, 2.05) is 6.07 Å². The summed E-state index contributed by atoms with van der Waals surface area (Å²) in [5.41, 5.74) is 1.30. The number of benzene rings is 1. The lowest BCUT2D eigenvalue weighted by Crippen LogP contribution is -2.40. The van der Waals surface area contributed by atoms with Gasteiger partial charge in [-0.15, -0.1) is 0 Å². The lowest BCUT2D eigenvalue weighted by molar-refractivity contribution is 0.164. The minimum absolute atomic E-state index is 0.320. The number of likely N-dealkylation sites (tertiary alicyclic amines) is 1. The standard InChI is InChI=1S/C17H24FN3/c1-13(2)20-10-14-4-3-5-21(11-14)12-16-6-15(9-19)7-17(18)8-16/h6-8,13-14,20H,3-5,10-12H2,1-2H3. The van der Waals surface area contributed by atoms with Crippen molar-refractivity contribution < 1.29 is 4.39 Å². The SMILES string of the molecule is CC(C)NCC1CCCN(Cc2cc(F)cc(C#N)c2)C1. The predicted molar refractivity (Wildman–Crippen MR) is 82.3 cm³/mol. The molecule has 21 heavy (non-hydrogen) atoms. The van der Waals surface area contributed by atoms with E-state index in [2.05, 4.69) is 24.1 Å². The molecule has 114 valence electrons. The quantitative estimate of drug-likeness (QED) is 0.906. The molecule has 4 heteroatoms. The molecule has 1 aliphatic heterocycles. The third-order valence-electron chi connectivity index (χ3n) is 3.91. The van der Waals surface area contributed by atoms with Crippen LogP contribution in [0.15, 0.2) is 18.2 Å². The van der Waals surface area contributed by atoms with Crippen molar-refractivity contribution in [1.82, 2.24) is 10.2 Å². The Morgan fingerprint density at radius 2 is 2.24 bits per heavy atom. The molecule has 0 amide bonds. The van der Waals surface area contributed by atoms with Gasteiger partial charge in [-0.05, 0) is 55.6 Å². The second-order valence-electron chi connectivity index (χ2n) is 6.27. The van der Waals surface area contributed by atoms with Crippen molar-refractivity contribution in [2.24, 2.45) is 5.92 Å². The van der Waals surface area contributed by atoms with Crippen molar-refractivity contribution in [3.05, 3.63) is 35.1 Å². The fourth-order valence-corrected chi connectivity index (χ4v) is 2.93. The van der Waals surface area contributed by atoms with Gasteiger partial charge in [-0.3, -0.25) is 4.90 Å². The van der Waals surface area contributed by atoms with Gasteiger partial charge in [0.1, 0.15) is 5.82 Å². The molecule has 1 atom stereocenters. The van der Waals surface area contributed by atoms with Crippen molar-refractivity contribution >= 4 is 0 Å². The maximum atomic E-state index is 13.5. The fourth-order valence-electron chi connectivity index (χ4n) is 2.93. The zero-order valence-corrected chi connectivity index (χ0v) is 12.9. The molecule has 1 aliphatic rings. The summed E-state index contributed by atoms with van der Waals surface area (Å²) in [5, 5.41) is 12.4. The minimum Gasteiger partial charge on any atom is -0.314 e. The molecular weight excluding hydrogens is 265 g/mol. The number of nitriles is 1. The monoisotopic (exact) mass is 289 g/mol. The first-order valence-electron chi connectivity index (χ1n) is 7.72. The van der Waals surface area contributed by atoms with Crippen LogP contribution >= 0.6 is 0 Å². The van der Waals surface area contributed by atoms with Gasteiger partial charge in [-0.2, -0.15) is 5.26 Å². The van der Waals surface area contributed by atoms with Crippen molar-refractivity contribution in [3.63, 3.8) is 0 Å². The number of halogens is 1. The number of piperidine rings is 1. The van der Waals surface area contributed by atoms with Gasteiger partial charge in [0.05, 0.1) is 11.6 Å². The molecule has 0 aromatic heterocycles. The van der Waals surface area contributed by atoms with Gasteiger partial charge in [-0.1, -0.05) is 13.8 Å². The molecule has 1 unspecified atom stereocenters. The van der Waals surface area contributed by atoms with Crippen molar-refractivity contribution in [3.8, 4) is 6.07 Å². The first kappa shape index (κ1) is 15.9. The van der Waals surface area contributed by atoms with E-state index >= 15 is 0 Å². The number of hydrogen-bond donors (Lipinski definition) is 1. The summed E-state index contributed by atoms with van der Waals surface area (Å²) in [5.74, 6) is 0.337. The minimum atomic E-state index is -0.320. The zero-order chi connectivity index (χ0) is 15.2. The van der Waals surface area contributed by atoms with Crippen LogP contribution < -0.4 is 5.32 Å². The van der Waals surface area contributed by atoms with Crippen LogP contribution in [-0.2, 0) is 6.54 Å². The van der Waals surface area contributed by atoms with Crippen LogP contribution in [0, 0.1) is 23.1 Å². The first-order valence-corrected chi connectivity index (χ1v) is 7.72. The van der Waals surface area contributed by atoms with E-state index in [1.54, 1.807) is 6.07 Å². The van der Waals surface area contributed by atoms with Crippen LogP contribution in [0.1, 0.15) is 37.8 Å². The molecule has 0 bridgehead atoms. The third kappa shape index (κ3) is 5.11. The van der Waals surface area contributed by atoms with E-state index < -0.39 is 0 Å². The summed E-state index contributed by atoms with van der Waals surface area (Å²) in [4.78, 5) is 2.37. The van der Waals surface area contributed by atoms with Gasteiger partial charge in [-0.25, -0.2) is 4.39 Å². The maximum absolute atomic E-state index is 13.5. The molecule has 0 saturated carbocycles. The van der Waals surface area contributed by atoms with Crippen LogP contribution in [0.3, 0.4) is 0 Å². The lowest BCUT2D eigenvalue weighted by atomic mass is 9.97. The summed E-state index contributed by atoms with van der Waals surface area (Å²) < 4.78 is 13.5. The Morgan fingerprint density at radius 1 is 1.43 bits per heavy atom. The summed E-state index contributed by atoms with van der Waals surface area (Å²) >= 11 is 0. The number of nitrogens with zero attached hydrogens (tertiary/aromatic N) is 2. The molecule has 3 nitrogen and oxygen atoms in total. The maximum Gasteiger partial charge on any atom is 0.124 e. The Bertz CT molecular complexity index is 507. The van der Waals surface area contributed by atoms with Gasteiger partial charge in [0.15, 0.2) is 0 Å². The average Bonchev–Trinajstić information content (AvgIpc) is 2.45. The summed E-state index contributed by atoms with van der Waals surface area (Å²) in [6, 6.07) is 7.15. The van der Waals surface area contributed by atoms with Crippen LogP contribution in [0.2, 0.25) is 0 Å². The van der Waals surface area contributed by atoms with E-state index in [-0.39, 0.29) is 5.82 Å². The highest BCUT2D eigenvalue weighted by Gasteiger charge is 2.20. The predicted octanol–water partition coefficient (Wildman–Crippen LogP) is 2.91. The average molecular weight is 289 g/mol. The van der Waals surface area contributed by atoms with Gasteiger partial charge < -0.3 is 5.32 Å². The first-order chi connectivity index (χ1) is 10.1. The molecule has 2 rings (SSSR count). The largest absolute Gasteiger partial charge is 0.314 e. The Morgan fingerprint density at radius 3 is 2.95 bits per heavy atom. The number of rotatable bonds is 5. The van der Waals surface area contributed by atoms with Crippen LogP contribution in [-0.4, -0.2) is 30.6 Å². The Hall–Kier alpha value is -1.44. The van der Waals surface area contributed by atoms with E-state index in [0.29, 0.717) is 17.5 Å². The molecular formula is C17H24FN3. The van der Waals surface area contributed by atoms with Gasteiger partial charge in [0, 0.05) is 19.1 Å². The van der Waals surface area contributed by atoms with Crippen molar-refractivity contribution in [1.29, 1.82) is 5.26 Å². The van der Waals surface area contributed by atoms with Gasteiger partial charge in [0.2, 0.25) is 0 Å². The Balaban J connectivity index is 1.93. The van der Waals surface area contributed by atoms with Crippen molar-refractivity contribution in [2.45, 2.75) is 39.3 Å². The van der Waals surface area contributed by atoms with Gasteiger partial charge >= 0.3 is 0 Å². The molecule has 1 aromatic rings. The van der Waals surface area contributed by atoms with Crippen LogP contribution in [0.5, 0.6) is 0 Å².